The first-order valence-electron chi connectivity index (χ1n) is 20.0. The Morgan fingerprint density at radius 1 is 1.04 bits per heavy atom. The van der Waals surface area contributed by atoms with Crippen molar-refractivity contribution in [3.05, 3.63) is 59.7 Å². The molecular weight excluding hydrogens is 755 g/mol. The van der Waals surface area contributed by atoms with Gasteiger partial charge in [0.15, 0.2) is 9.84 Å². The van der Waals surface area contributed by atoms with Crippen molar-refractivity contribution in [2.24, 2.45) is 10.9 Å². The maximum absolute atomic E-state index is 15.6. The van der Waals surface area contributed by atoms with Crippen LogP contribution in [0.5, 0.6) is 0 Å². The Hall–Kier alpha value is -4.10. The first-order chi connectivity index (χ1) is 27.3. The SMILES string of the molecule is C=N[C@]1(C(CN2CCC2)(c2cccc(F)c2)C2CCN(CC3(O)CN(c4ccc(S(=O)(=O)[C@@H]5CCN(C(=O)C#CC)C5)cc4F)C3)CC2)CCC[C@@H]1NC(=O)OC. The Labute approximate surface area is 334 Å². The van der Waals surface area contributed by atoms with E-state index in [-0.39, 0.29) is 61.0 Å². The summed E-state index contributed by atoms with van der Waals surface area (Å²) in [6.45, 7) is 10.6. The molecule has 0 radical (unpaired) electrons. The van der Waals surface area contributed by atoms with Crippen LogP contribution in [0.1, 0.15) is 57.4 Å². The number of sulfone groups is 1. The van der Waals surface area contributed by atoms with Crippen molar-refractivity contribution in [1.82, 2.24) is 20.0 Å². The second-order valence-electron chi connectivity index (χ2n) is 16.6. The van der Waals surface area contributed by atoms with Gasteiger partial charge in [-0.15, -0.1) is 0 Å². The highest BCUT2D eigenvalue weighted by Gasteiger charge is 2.63. The number of nitrogens with one attached hydrogen (secondary N) is 1. The average molecular weight is 809 g/mol. The summed E-state index contributed by atoms with van der Waals surface area (Å²) >= 11 is 0. The predicted molar refractivity (Wildman–Crippen MR) is 213 cm³/mol. The number of aliphatic imine (C=N–C) groups is 1. The minimum absolute atomic E-state index is 0.0129. The zero-order valence-electron chi connectivity index (χ0n) is 32.9. The molecule has 5 fully saturated rings. The van der Waals surface area contributed by atoms with Gasteiger partial charge in [0.1, 0.15) is 17.2 Å². The summed E-state index contributed by atoms with van der Waals surface area (Å²) in [6.07, 6.45) is 4.50. The van der Waals surface area contributed by atoms with Gasteiger partial charge in [-0.25, -0.2) is 22.0 Å². The molecule has 15 heteroatoms. The van der Waals surface area contributed by atoms with E-state index in [2.05, 4.69) is 33.7 Å². The number of hydrogen-bond donors (Lipinski definition) is 2. The van der Waals surface area contributed by atoms with Crippen molar-refractivity contribution >= 4 is 34.2 Å². The molecule has 4 heterocycles. The van der Waals surface area contributed by atoms with E-state index in [1.807, 2.05) is 6.07 Å². The molecule has 5 aliphatic rings. The summed E-state index contributed by atoms with van der Waals surface area (Å²) < 4.78 is 62.6. The molecule has 2 amide bonds. The number of hydrogen-bond acceptors (Lipinski definition) is 10. The number of ether oxygens (including phenoxy) is 1. The van der Waals surface area contributed by atoms with Gasteiger partial charge in [-0.2, -0.15) is 0 Å². The minimum Gasteiger partial charge on any atom is -0.453 e. The van der Waals surface area contributed by atoms with Crippen LogP contribution in [0.4, 0.5) is 19.3 Å². The molecule has 1 saturated carbocycles. The third-order valence-electron chi connectivity index (χ3n) is 13.4. The van der Waals surface area contributed by atoms with Gasteiger partial charge in [0, 0.05) is 44.7 Å². The molecule has 4 saturated heterocycles. The highest BCUT2D eigenvalue weighted by atomic mass is 32.2. The number of β-amino-alcohol motifs (C(OH)–C–C–N with tert-alkyl or cyclic N) is 1. The molecule has 12 nitrogen and oxygen atoms in total. The van der Waals surface area contributed by atoms with Crippen molar-refractivity contribution in [2.45, 2.75) is 84.6 Å². The lowest BCUT2D eigenvalue weighted by Gasteiger charge is -2.58. The molecule has 4 atom stereocenters. The maximum atomic E-state index is 15.6. The molecule has 1 aliphatic carbocycles. The van der Waals surface area contributed by atoms with Gasteiger partial charge in [-0.3, -0.25) is 9.79 Å². The Morgan fingerprint density at radius 2 is 1.79 bits per heavy atom. The van der Waals surface area contributed by atoms with Crippen molar-refractivity contribution < 1.29 is 36.6 Å². The molecule has 0 bridgehead atoms. The van der Waals surface area contributed by atoms with Crippen LogP contribution in [0.2, 0.25) is 0 Å². The molecule has 2 aromatic rings. The molecule has 2 aromatic carbocycles. The second kappa shape index (κ2) is 16.3. The Kier molecular flexibility index (Phi) is 11.7. The van der Waals surface area contributed by atoms with E-state index in [0.717, 1.165) is 50.4 Å². The molecular formula is C42H54F2N6O6S. The third kappa shape index (κ3) is 7.66. The largest absolute Gasteiger partial charge is 0.453 e. The van der Waals surface area contributed by atoms with Crippen LogP contribution in [0.25, 0.3) is 0 Å². The topological polar surface area (TPSA) is 135 Å². The van der Waals surface area contributed by atoms with Crippen LogP contribution in [0.15, 0.2) is 52.4 Å². The molecule has 308 valence electrons. The molecule has 0 spiro atoms. The van der Waals surface area contributed by atoms with Crippen LogP contribution in [-0.2, 0) is 24.8 Å². The fourth-order valence-electron chi connectivity index (χ4n) is 10.5. The number of amides is 2. The zero-order valence-corrected chi connectivity index (χ0v) is 33.7. The summed E-state index contributed by atoms with van der Waals surface area (Å²) in [7, 11) is -2.54. The highest BCUT2D eigenvalue weighted by Crippen LogP contribution is 2.56. The molecule has 4 aliphatic heterocycles. The average Bonchev–Trinajstić information content (AvgIpc) is 3.83. The lowest BCUT2D eigenvalue weighted by atomic mass is 9.54. The van der Waals surface area contributed by atoms with Gasteiger partial charge >= 0.3 is 6.09 Å². The number of likely N-dealkylation sites (tertiary alicyclic amines) is 3. The van der Waals surface area contributed by atoms with E-state index in [4.69, 9.17) is 9.73 Å². The number of anilines is 1. The van der Waals surface area contributed by atoms with Crippen molar-refractivity contribution in [3.8, 4) is 11.8 Å². The van der Waals surface area contributed by atoms with E-state index in [0.29, 0.717) is 39.0 Å². The molecule has 7 rings (SSSR count). The standard InChI is InChI=1S/C42H54F2N6O6S/c1-4-8-38(51)49-22-16-34(25-49)57(54,55)33-12-13-36(35(44)24-33)50-27-40(53,28-50)26-48-20-14-30(15-21-48)41(29-47-18-7-19-47,31-9-5-10-32(43)23-31)42(45-2)17-6-11-37(42)46-39(52)56-3/h5,9-10,12-13,23-24,30,34,37,53H,2,6-7,11,14-22,25-29H2,1,3H3,(H,46,52)/t34-,37+,41?,42-/m1/s1. The van der Waals surface area contributed by atoms with Gasteiger partial charge in [-0.05, 0) is 132 Å². The smallest absolute Gasteiger partial charge is 0.407 e. The molecule has 2 N–H and O–H groups in total. The van der Waals surface area contributed by atoms with Gasteiger partial charge < -0.3 is 34.8 Å². The van der Waals surface area contributed by atoms with Crippen molar-refractivity contribution in [2.75, 3.05) is 77.5 Å². The van der Waals surface area contributed by atoms with Crippen molar-refractivity contribution in [1.29, 1.82) is 0 Å². The quantitative estimate of drug-likeness (QED) is 0.244. The van der Waals surface area contributed by atoms with Crippen LogP contribution in [-0.4, -0.2) is 142 Å². The summed E-state index contributed by atoms with van der Waals surface area (Å²) in [4.78, 5) is 37.4. The normalized spacial score (nSPS) is 26.4. The highest BCUT2D eigenvalue weighted by molar-refractivity contribution is 7.92. The number of aliphatic hydroxyl groups is 1. The lowest BCUT2D eigenvalue weighted by molar-refractivity contribution is -0.124. The number of carbonyl (C=O) groups is 2. The fourth-order valence-corrected chi connectivity index (χ4v) is 12.2. The molecule has 57 heavy (non-hydrogen) atoms. The summed E-state index contributed by atoms with van der Waals surface area (Å²) in [5.41, 5.74) is -1.52. The number of halogens is 2. The number of carbonyl (C=O) groups excluding carboxylic acids is 2. The molecule has 1 unspecified atom stereocenters. The van der Waals surface area contributed by atoms with Crippen molar-refractivity contribution in [3.63, 3.8) is 0 Å². The van der Waals surface area contributed by atoms with Crippen LogP contribution in [0.3, 0.4) is 0 Å². The summed E-state index contributed by atoms with van der Waals surface area (Å²) in [6, 6.07) is 10.4. The minimum atomic E-state index is -3.89. The first-order valence-corrected chi connectivity index (χ1v) is 21.6. The number of nitrogens with zero attached hydrogens (tertiary/aromatic N) is 5. The van der Waals surface area contributed by atoms with Gasteiger partial charge in [0.05, 0.1) is 34.5 Å². The maximum Gasteiger partial charge on any atom is 0.407 e. The van der Waals surface area contributed by atoms with E-state index in [1.54, 1.807) is 24.0 Å². The lowest BCUT2D eigenvalue weighted by Crippen LogP contribution is -2.69. The van der Waals surface area contributed by atoms with Crippen LogP contribution < -0.4 is 10.2 Å². The Morgan fingerprint density at radius 3 is 2.42 bits per heavy atom. The number of piperidine rings is 1. The predicted octanol–water partition coefficient (Wildman–Crippen LogP) is 3.62. The van der Waals surface area contributed by atoms with E-state index in [9.17, 15) is 23.1 Å². The first kappa shape index (κ1) is 41.1. The zero-order chi connectivity index (χ0) is 40.6. The van der Waals surface area contributed by atoms with E-state index >= 15 is 8.78 Å². The van der Waals surface area contributed by atoms with Crippen LogP contribution in [0, 0.1) is 29.4 Å². The Bertz CT molecular complexity index is 2030. The summed E-state index contributed by atoms with van der Waals surface area (Å²) in [5.74, 6) is 3.60. The Balaban J connectivity index is 1.04. The second-order valence-corrected chi connectivity index (χ2v) is 18.8. The van der Waals surface area contributed by atoms with Gasteiger partial charge in [0.2, 0.25) is 0 Å². The monoisotopic (exact) mass is 808 g/mol. The number of benzene rings is 2. The number of alkyl carbamates (subject to hydrolysis) is 1. The van der Waals surface area contributed by atoms with Gasteiger partial charge in [0.25, 0.3) is 5.91 Å². The number of rotatable bonds is 12. The number of methoxy groups -OCH3 is 1. The summed E-state index contributed by atoms with van der Waals surface area (Å²) in [5, 5.41) is 13.9. The fraction of sp³-hybridized carbons (Fsp3) is 0.595. The molecule has 0 aromatic heterocycles. The van der Waals surface area contributed by atoms with Crippen LogP contribution >= 0.6 is 0 Å². The van der Waals surface area contributed by atoms with E-state index in [1.165, 1.54) is 30.2 Å². The van der Waals surface area contributed by atoms with E-state index < -0.39 is 49.5 Å². The van der Waals surface area contributed by atoms with Gasteiger partial charge in [-0.1, -0.05) is 18.1 Å². The third-order valence-corrected chi connectivity index (χ3v) is 15.6.